The van der Waals surface area contributed by atoms with Crippen molar-refractivity contribution in [2.45, 2.75) is 13.5 Å². The smallest absolute Gasteiger partial charge is 0.300 e. The van der Waals surface area contributed by atoms with Crippen LogP contribution in [0, 0.1) is 17.0 Å². The van der Waals surface area contributed by atoms with Gasteiger partial charge in [0.25, 0.3) is 11.6 Å². The third-order valence-corrected chi connectivity index (χ3v) is 3.56. The zero-order valence-electron chi connectivity index (χ0n) is 11.4. The van der Waals surface area contributed by atoms with E-state index >= 15 is 0 Å². The second-order valence-electron chi connectivity index (χ2n) is 4.14. The normalized spacial score (nSPS) is 10.2. The molecule has 0 aliphatic carbocycles. The maximum Gasteiger partial charge on any atom is 0.300 e. The van der Waals surface area contributed by atoms with Crippen LogP contribution in [0.15, 0.2) is 18.5 Å². The van der Waals surface area contributed by atoms with Gasteiger partial charge in [-0.25, -0.2) is 9.97 Å². The summed E-state index contributed by atoms with van der Waals surface area (Å²) in [7, 11) is 1.62. The van der Waals surface area contributed by atoms with Gasteiger partial charge in [0.2, 0.25) is 0 Å². The Labute approximate surface area is 124 Å². The average molecular weight is 307 g/mol. The van der Waals surface area contributed by atoms with Crippen LogP contribution in [0.4, 0.5) is 11.5 Å². The third kappa shape index (κ3) is 3.51. The first kappa shape index (κ1) is 14.9. The van der Waals surface area contributed by atoms with Gasteiger partial charge < -0.3 is 10.6 Å². The van der Waals surface area contributed by atoms with Gasteiger partial charge in [-0.2, -0.15) is 0 Å². The molecule has 9 heteroatoms. The van der Waals surface area contributed by atoms with Crippen LogP contribution in [0.25, 0.3) is 0 Å². The number of nitrogens with one attached hydrogen (secondary N) is 2. The van der Waals surface area contributed by atoms with E-state index in [1.165, 1.54) is 17.4 Å². The van der Waals surface area contributed by atoms with Gasteiger partial charge in [0.1, 0.15) is 22.6 Å². The molecule has 0 aliphatic rings. The standard InChI is InChI=1S/C12H13N5O3S/c1-7-4-15-11(21-7)6-16-12(18)8-3-10(13-2)14-5-9(8)17(19)20/h3-5H,6H2,1-2H3,(H,13,14)(H,16,18). The number of anilines is 1. The number of rotatable bonds is 5. The monoisotopic (exact) mass is 307 g/mol. The summed E-state index contributed by atoms with van der Waals surface area (Å²) in [5.74, 6) is -0.149. The van der Waals surface area contributed by atoms with E-state index in [9.17, 15) is 14.9 Å². The van der Waals surface area contributed by atoms with Crippen molar-refractivity contribution in [2.24, 2.45) is 0 Å². The van der Waals surface area contributed by atoms with E-state index < -0.39 is 10.8 Å². The molecule has 0 aromatic carbocycles. The van der Waals surface area contributed by atoms with Gasteiger partial charge in [-0.1, -0.05) is 0 Å². The molecule has 0 saturated heterocycles. The lowest BCUT2D eigenvalue weighted by Crippen LogP contribution is -2.24. The fourth-order valence-corrected chi connectivity index (χ4v) is 2.37. The number of hydrogen-bond donors (Lipinski definition) is 2. The Morgan fingerprint density at radius 2 is 2.19 bits per heavy atom. The van der Waals surface area contributed by atoms with E-state index in [1.54, 1.807) is 13.2 Å². The summed E-state index contributed by atoms with van der Waals surface area (Å²) in [5.41, 5.74) is -0.366. The Morgan fingerprint density at radius 1 is 1.43 bits per heavy atom. The first-order valence-corrected chi connectivity index (χ1v) is 6.84. The largest absolute Gasteiger partial charge is 0.373 e. The Kier molecular flexibility index (Phi) is 4.43. The van der Waals surface area contributed by atoms with E-state index in [2.05, 4.69) is 20.6 Å². The lowest BCUT2D eigenvalue weighted by atomic mass is 10.2. The topological polar surface area (TPSA) is 110 Å². The van der Waals surface area contributed by atoms with Crippen molar-refractivity contribution in [3.8, 4) is 0 Å². The highest BCUT2D eigenvalue weighted by Crippen LogP contribution is 2.20. The van der Waals surface area contributed by atoms with Crippen molar-refractivity contribution in [2.75, 3.05) is 12.4 Å². The fourth-order valence-electron chi connectivity index (χ4n) is 1.65. The average Bonchev–Trinajstić information content (AvgIpc) is 2.89. The maximum absolute atomic E-state index is 12.1. The van der Waals surface area contributed by atoms with Crippen LogP contribution in [0.2, 0.25) is 0 Å². The molecule has 2 heterocycles. The summed E-state index contributed by atoms with van der Waals surface area (Å²) in [4.78, 5) is 31.4. The number of nitrogens with zero attached hydrogens (tertiary/aromatic N) is 3. The number of aryl methyl sites for hydroxylation is 1. The summed E-state index contributed by atoms with van der Waals surface area (Å²) in [6.07, 6.45) is 2.77. The quantitative estimate of drug-likeness (QED) is 0.643. The molecule has 21 heavy (non-hydrogen) atoms. The fraction of sp³-hybridized carbons (Fsp3) is 0.250. The van der Waals surface area contributed by atoms with Gasteiger partial charge in [0.05, 0.1) is 11.5 Å². The Balaban J connectivity index is 2.19. The third-order valence-electron chi connectivity index (χ3n) is 2.65. The van der Waals surface area contributed by atoms with Crippen LogP contribution in [-0.2, 0) is 6.54 Å². The second kappa shape index (κ2) is 6.27. The summed E-state index contributed by atoms with van der Waals surface area (Å²) in [5, 5.41) is 17.1. The second-order valence-corrected chi connectivity index (χ2v) is 5.46. The van der Waals surface area contributed by atoms with E-state index in [0.29, 0.717) is 5.82 Å². The van der Waals surface area contributed by atoms with Crippen LogP contribution in [0.5, 0.6) is 0 Å². The van der Waals surface area contributed by atoms with Crippen molar-refractivity contribution >= 4 is 28.7 Å². The molecular formula is C12H13N5O3S. The van der Waals surface area contributed by atoms with Gasteiger partial charge in [-0.3, -0.25) is 14.9 Å². The van der Waals surface area contributed by atoms with Gasteiger partial charge in [-0.05, 0) is 6.92 Å². The van der Waals surface area contributed by atoms with Crippen LogP contribution < -0.4 is 10.6 Å². The lowest BCUT2D eigenvalue weighted by molar-refractivity contribution is -0.385. The molecule has 2 aromatic heterocycles. The molecule has 0 bridgehead atoms. The molecule has 0 unspecified atom stereocenters. The molecule has 0 fully saturated rings. The van der Waals surface area contributed by atoms with E-state index in [1.807, 2.05) is 6.92 Å². The highest BCUT2D eigenvalue weighted by Gasteiger charge is 2.21. The van der Waals surface area contributed by atoms with Crippen molar-refractivity contribution < 1.29 is 9.72 Å². The van der Waals surface area contributed by atoms with Gasteiger partial charge in [0.15, 0.2) is 0 Å². The first-order chi connectivity index (χ1) is 10.0. The molecule has 0 radical (unpaired) electrons. The minimum atomic E-state index is -0.630. The minimum absolute atomic E-state index is 0.0346. The lowest BCUT2D eigenvalue weighted by Gasteiger charge is -2.06. The number of amides is 1. The molecule has 0 atom stereocenters. The van der Waals surface area contributed by atoms with Gasteiger partial charge in [0, 0.05) is 24.2 Å². The number of carbonyl (C=O) groups is 1. The van der Waals surface area contributed by atoms with Crippen molar-refractivity contribution in [1.29, 1.82) is 0 Å². The minimum Gasteiger partial charge on any atom is -0.373 e. The van der Waals surface area contributed by atoms with Gasteiger partial charge in [-0.15, -0.1) is 11.3 Å². The molecule has 8 nitrogen and oxygen atoms in total. The molecule has 2 rings (SSSR count). The van der Waals surface area contributed by atoms with Crippen LogP contribution in [-0.4, -0.2) is 27.8 Å². The van der Waals surface area contributed by atoms with Crippen LogP contribution in [0.1, 0.15) is 20.2 Å². The molecule has 2 aromatic rings. The number of aromatic nitrogens is 2. The number of nitro groups is 1. The zero-order valence-corrected chi connectivity index (χ0v) is 12.2. The van der Waals surface area contributed by atoms with Gasteiger partial charge >= 0.3 is 0 Å². The van der Waals surface area contributed by atoms with Crippen molar-refractivity contribution in [3.63, 3.8) is 0 Å². The van der Waals surface area contributed by atoms with Crippen LogP contribution in [0.3, 0.4) is 0 Å². The van der Waals surface area contributed by atoms with E-state index in [0.717, 1.165) is 16.1 Å². The Hall–Kier alpha value is -2.55. The van der Waals surface area contributed by atoms with Crippen molar-refractivity contribution in [1.82, 2.24) is 15.3 Å². The highest BCUT2D eigenvalue weighted by molar-refractivity contribution is 7.11. The summed E-state index contributed by atoms with van der Waals surface area (Å²) in [6.45, 7) is 2.14. The van der Waals surface area contributed by atoms with Crippen molar-refractivity contribution in [3.05, 3.63) is 44.0 Å². The number of pyridine rings is 1. The van der Waals surface area contributed by atoms with E-state index in [4.69, 9.17) is 0 Å². The number of hydrogen-bond acceptors (Lipinski definition) is 7. The first-order valence-electron chi connectivity index (χ1n) is 6.03. The molecule has 110 valence electrons. The Bertz CT molecular complexity index is 685. The highest BCUT2D eigenvalue weighted by atomic mass is 32.1. The maximum atomic E-state index is 12.1. The number of carbonyl (C=O) groups excluding carboxylic acids is 1. The summed E-state index contributed by atoms with van der Waals surface area (Å²) >= 11 is 1.46. The molecule has 1 amide bonds. The molecule has 0 spiro atoms. The van der Waals surface area contributed by atoms with E-state index in [-0.39, 0.29) is 17.8 Å². The summed E-state index contributed by atoms with van der Waals surface area (Å²) in [6, 6.07) is 1.35. The SMILES string of the molecule is CNc1cc(C(=O)NCc2ncc(C)s2)c([N+](=O)[O-])cn1. The Morgan fingerprint density at radius 3 is 2.76 bits per heavy atom. The molecule has 2 N–H and O–H groups in total. The predicted octanol–water partition coefficient (Wildman–Crippen LogP) is 1.73. The molecule has 0 aliphatic heterocycles. The molecular weight excluding hydrogens is 294 g/mol. The summed E-state index contributed by atoms with van der Waals surface area (Å²) < 4.78 is 0. The molecule has 0 saturated carbocycles. The predicted molar refractivity (Wildman–Crippen MR) is 78.5 cm³/mol. The number of thiazole rings is 1. The van der Waals surface area contributed by atoms with Crippen LogP contribution >= 0.6 is 11.3 Å². The zero-order chi connectivity index (χ0) is 15.4.